The number of halogens is 1. The molecule has 5 aromatic rings. The Morgan fingerprint density at radius 1 is 0.594 bits per heavy atom. The summed E-state index contributed by atoms with van der Waals surface area (Å²) in [6, 6.07) is 38.2. The van der Waals surface area contributed by atoms with E-state index in [4.69, 9.17) is 0 Å². The number of hydrogen-bond donors (Lipinski definition) is 0. The average Bonchev–Trinajstić information content (AvgIpc) is 2.86. The smallest absolute Gasteiger partial charge is 0.0380 e. The van der Waals surface area contributed by atoms with Crippen molar-refractivity contribution in [2.24, 2.45) is 0 Å². The Kier molecular flexibility index (Phi) is 8.56. The maximum atomic E-state index is 13.7. The second-order valence-corrected chi connectivity index (χ2v) is 6.68. The fourth-order valence-corrected chi connectivity index (χ4v) is 3.06. The Hall–Kier alpha value is -3.46. The zero-order valence-electron chi connectivity index (χ0n) is 17.1. The van der Waals surface area contributed by atoms with Crippen molar-refractivity contribution >= 4 is 0 Å². The van der Waals surface area contributed by atoms with E-state index in [0.29, 0.717) is 11.3 Å². The predicted octanol–water partition coefficient (Wildman–Crippen LogP) is 6.90. The fraction of sp³-hybridized carbons (Fsp3) is 0. The first-order valence-electron chi connectivity index (χ1n) is 9.87. The Bertz CT molecular complexity index is 1190. The summed E-state index contributed by atoms with van der Waals surface area (Å²) in [7, 11) is 0. The first kappa shape index (κ1) is 23.2. The van der Waals surface area contributed by atoms with E-state index in [1.165, 1.54) is 6.07 Å². The molecule has 4 heteroatoms. The number of benzene rings is 3. The number of aromatic nitrogens is 2. The van der Waals surface area contributed by atoms with Crippen LogP contribution in [0.1, 0.15) is 0 Å². The minimum Gasteiger partial charge on any atom is -0.305 e. The van der Waals surface area contributed by atoms with Gasteiger partial charge in [-0.15, -0.1) is 60.2 Å². The molecule has 0 atom stereocenters. The van der Waals surface area contributed by atoms with Gasteiger partial charge in [0.05, 0.1) is 0 Å². The van der Waals surface area contributed by atoms with Crippen LogP contribution in [0.15, 0.2) is 116 Å². The number of pyridine rings is 2. The molecule has 0 fully saturated rings. The monoisotopic (exact) mass is 595 g/mol. The van der Waals surface area contributed by atoms with E-state index >= 15 is 0 Å². The van der Waals surface area contributed by atoms with Crippen molar-refractivity contribution in [1.29, 1.82) is 0 Å². The summed E-state index contributed by atoms with van der Waals surface area (Å²) in [5, 5.41) is 0. The van der Waals surface area contributed by atoms with Gasteiger partial charge >= 0.3 is 0 Å². The Balaban J connectivity index is 0.000000193. The van der Waals surface area contributed by atoms with E-state index in [1.54, 1.807) is 24.5 Å². The maximum absolute atomic E-state index is 13.7. The first-order chi connectivity index (χ1) is 15.3. The van der Waals surface area contributed by atoms with Gasteiger partial charge < -0.3 is 9.97 Å². The van der Waals surface area contributed by atoms with Crippen molar-refractivity contribution in [3.63, 3.8) is 0 Å². The van der Waals surface area contributed by atoms with E-state index in [0.717, 1.165) is 22.4 Å². The van der Waals surface area contributed by atoms with Gasteiger partial charge in [-0.3, -0.25) is 4.39 Å². The number of hydrogen-bond acceptors (Lipinski definition) is 2. The molecule has 0 aliphatic carbocycles. The molecule has 1 radical (unpaired) electrons. The first-order valence-corrected chi connectivity index (χ1v) is 9.87. The van der Waals surface area contributed by atoms with Crippen LogP contribution in [0.5, 0.6) is 0 Å². The van der Waals surface area contributed by atoms with Crippen LogP contribution in [0.3, 0.4) is 0 Å². The molecule has 0 amide bonds. The van der Waals surface area contributed by atoms with E-state index < -0.39 is 0 Å². The van der Waals surface area contributed by atoms with E-state index in [2.05, 4.69) is 22.1 Å². The summed E-state index contributed by atoms with van der Waals surface area (Å²) in [4.78, 5) is 8.44. The van der Waals surface area contributed by atoms with Gasteiger partial charge in [-0.1, -0.05) is 54.1 Å². The van der Waals surface area contributed by atoms with Crippen LogP contribution in [0, 0.1) is 17.9 Å². The summed E-state index contributed by atoms with van der Waals surface area (Å²) in [6.07, 6.45) is 3.48. The summed E-state index contributed by atoms with van der Waals surface area (Å²) in [5.74, 6) is -0.305. The quantitative estimate of drug-likeness (QED) is 0.213. The van der Waals surface area contributed by atoms with Crippen LogP contribution in [0.25, 0.3) is 33.6 Å². The van der Waals surface area contributed by atoms with Crippen molar-refractivity contribution in [3.05, 3.63) is 133 Å². The Morgan fingerprint density at radius 3 is 2.06 bits per heavy atom. The van der Waals surface area contributed by atoms with E-state index in [9.17, 15) is 4.39 Å². The molecule has 0 saturated heterocycles. The fourth-order valence-electron chi connectivity index (χ4n) is 3.06. The molecular formula is C28H19FIrN2-2. The van der Waals surface area contributed by atoms with Crippen molar-refractivity contribution < 1.29 is 24.5 Å². The van der Waals surface area contributed by atoms with Crippen LogP contribution in [0.2, 0.25) is 0 Å². The standard InChI is InChI=1S/C17H11FN.C11H8N.Ir/c18-16-9-5-4-8-15(16)17-12-14(10-11-19-17)13-6-2-1-3-7-13;1-2-6-10(7-3-1)11-8-4-5-9-12-11;/h1-7,9-12H;1-6,8-9H;/q2*-1;. The minimum absolute atomic E-state index is 0. The third-order valence-corrected chi connectivity index (χ3v) is 4.58. The van der Waals surface area contributed by atoms with Gasteiger partial charge in [0, 0.05) is 38.3 Å². The van der Waals surface area contributed by atoms with Gasteiger partial charge in [0.15, 0.2) is 0 Å². The Morgan fingerprint density at radius 2 is 1.34 bits per heavy atom. The van der Waals surface area contributed by atoms with Gasteiger partial charge in [0.1, 0.15) is 0 Å². The zero-order chi connectivity index (χ0) is 21.3. The predicted molar refractivity (Wildman–Crippen MR) is 122 cm³/mol. The normalized spacial score (nSPS) is 9.78. The third-order valence-electron chi connectivity index (χ3n) is 4.58. The number of nitrogens with zero attached hydrogens (tertiary/aromatic N) is 2. The molecule has 0 N–H and O–H groups in total. The second-order valence-electron chi connectivity index (χ2n) is 6.68. The molecule has 2 heterocycles. The summed E-state index contributed by atoms with van der Waals surface area (Å²) < 4.78 is 13.7. The van der Waals surface area contributed by atoms with Gasteiger partial charge in [-0.2, -0.15) is 0 Å². The van der Waals surface area contributed by atoms with Crippen molar-refractivity contribution in [3.8, 4) is 33.6 Å². The van der Waals surface area contributed by atoms with Crippen molar-refractivity contribution in [2.45, 2.75) is 0 Å². The largest absolute Gasteiger partial charge is 0.305 e. The molecule has 3 aromatic carbocycles. The molecule has 0 spiro atoms. The summed E-state index contributed by atoms with van der Waals surface area (Å²) in [6.45, 7) is 0. The Labute approximate surface area is 201 Å². The summed E-state index contributed by atoms with van der Waals surface area (Å²) in [5.41, 5.74) is 5.11. The average molecular weight is 595 g/mol. The molecule has 0 bridgehead atoms. The van der Waals surface area contributed by atoms with Crippen LogP contribution in [0.4, 0.5) is 4.39 Å². The molecule has 0 unspecified atom stereocenters. The molecule has 0 aliphatic rings. The maximum Gasteiger partial charge on any atom is 0.0380 e. The van der Waals surface area contributed by atoms with Crippen LogP contribution in [-0.2, 0) is 20.1 Å². The van der Waals surface area contributed by atoms with Crippen molar-refractivity contribution in [2.75, 3.05) is 0 Å². The molecule has 2 aromatic heterocycles. The summed E-state index contributed by atoms with van der Waals surface area (Å²) >= 11 is 0. The van der Waals surface area contributed by atoms with Gasteiger partial charge in [-0.25, -0.2) is 0 Å². The van der Waals surface area contributed by atoms with Crippen molar-refractivity contribution in [1.82, 2.24) is 9.97 Å². The molecule has 2 nitrogen and oxygen atoms in total. The zero-order valence-corrected chi connectivity index (χ0v) is 19.5. The van der Waals surface area contributed by atoms with Gasteiger partial charge in [0.25, 0.3) is 0 Å². The topological polar surface area (TPSA) is 25.8 Å². The number of rotatable bonds is 3. The van der Waals surface area contributed by atoms with Gasteiger partial charge in [-0.05, 0) is 34.6 Å². The van der Waals surface area contributed by atoms with E-state index in [-0.39, 0.29) is 25.9 Å². The molecule has 0 aliphatic heterocycles. The van der Waals surface area contributed by atoms with Gasteiger partial charge in [0.2, 0.25) is 0 Å². The molecule has 5 rings (SSSR count). The molecule has 32 heavy (non-hydrogen) atoms. The van der Waals surface area contributed by atoms with Crippen LogP contribution in [-0.4, -0.2) is 9.97 Å². The molecular weight excluding hydrogens is 576 g/mol. The molecule has 0 saturated carbocycles. The van der Waals surface area contributed by atoms with Crippen LogP contribution < -0.4 is 0 Å². The SMILES string of the molecule is Fc1ccc[c-]c1-c1cc(-c2ccccc2)ccn1.[Ir].[c-]1ccccc1-c1ccccn1. The van der Waals surface area contributed by atoms with Crippen LogP contribution >= 0.6 is 0 Å². The second kappa shape index (κ2) is 11.8. The molecule has 159 valence electrons. The third kappa shape index (κ3) is 6.04. The van der Waals surface area contributed by atoms with E-state index in [1.807, 2.05) is 84.9 Å². The minimum atomic E-state index is -0.305.